The number of halogens is 2. The Bertz CT molecular complexity index is 1980. The summed E-state index contributed by atoms with van der Waals surface area (Å²) < 4.78 is 29.1. The molecule has 0 unspecified atom stereocenters. The van der Waals surface area contributed by atoms with Gasteiger partial charge in [-0.25, -0.2) is 18.7 Å². The van der Waals surface area contributed by atoms with Crippen molar-refractivity contribution in [2.45, 2.75) is 12.8 Å². The van der Waals surface area contributed by atoms with Crippen LogP contribution in [-0.4, -0.2) is 113 Å². The number of hydrogen-bond donors (Lipinski definition) is 1. The van der Waals surface area contributed by atoms with Crippen LogP contribution in [-0.2, 0) is 4.79 Å². The SMILES string of the molecule is CN1CCCN(c2cncc(-c3cc(/C=C4\SC(=S)NC4=O)ccc3F)n2)CC1.CN1CCCN(c2cncc(-c3cc(C=O)ccc3F)n2)CC1. The molecule has 2 aromatic heterocycles. The molecule has 0 aliphatic carbocycles. The lowest BCUT2D eigenvalue weighted by Gasteiger charge is -2.21. The van der Waals surface area contributed by atoms with Gasteiger partial charge in [0.1, 0.15) is 33.9 Å². The number of thioether (sulfide) groups is 1. The Kier molecular flexibility index (Phi) is 12.3. The van der Waals surface area contributed by atoms with E-state index in [4.69, 9.17) is 12.2 Å². The Hall–Kier alpha value is -4.70. The van der Waals surface area contributed by atoms with Gasteiger partial charge in [0.05, 0.1) is 41.1 Å². The molecule has 1 N–H and O–H groups in total. The van der Waals surface area contributed by atoms with Gasteiger partial charge in [-0.1, -0.05) is 30.0 Å². The van der Waals surface area contributed by atoms with E-state index in [0.717, 1.165) is 76.8 Å². The fraction of sp³-hybridized carbons (Fsp3) is 0.324. The normalized spacial score (nSPS) is 18.0. The highest BCUT2D eigenvalue weighted by atomic mass is 32.2. The smallest absolute Gasteiger partial charge is 0.263 e. The molecule has 15 heteroatoms. The van der Waals surface area contributed by atoms with E-state index in [-0.39, 0.29) is 11.7 Å². The first-order valence-electron chi connectivity index (χ1n) is 17.0. The maximum atomic E-state index is 14.6. The maximum absolute atomic E-state index is 14.6. The number of nitrogens with zero attached hydrogens (tertiary/aromatic N) is 8. The third kappa shape index (κ3) is 9.39. The third-order valence-electron chi connectivity index (χ3n) is 8.94. The predicted molar refractivity (Wildman–Crippen MR) is 205 cm³/mol. The molecule has 3 aliphatic heterocycles. The van der Waals surface area contributed by atoms with Crippen molar-refractivity contribution in [3.05, 3.63) is 88.9 Å². The summed E-state index contributed by atoms with van der Waals surface area (Å²) in [5.41, 5.74) is 2.69. The molecule has 0 radical (unpaired) electrons. The molecule has 3 aliphatic rings. The van der Waals surface area contributed by atoms with Crippen molar-refractivity contribution in [1.29, 1.82) is 0 Å². The topological polar surface area (TPSA) is 111 Å². The van der Waals surface area contributed by atoms with E-state index >= 15 is 0 Å². The summed E-state index contributed by atoms with van der Waals surface area (Å²) in [6.45, 7) is 7.53. The van der Waals surface area contributed by atoms with Crippen LogP contribution in [0.5, 0.6) is 0 Å². The highest BCUT2D eigenvalue weighted by molar-refractivity contribution is 8.26. The molecule has 0 spiro atoms. The van der Waals surface area contributed by atoms with Crippen LogP contribution in [0.4, 0.5) is 20.4 Å². The Morgan fingerprint density at radius 3 is 1.75 bits per heavy atom. The van der Waals surface area contributed by atoms with Crippen LogP contribution in [0.3, 0.4) is 0 Å². The van der Waals surface area contributed by atoms with Gasteiger partial charge in [0, 0.05) is 56.0 Å². The number of aromatic nitrogens is 4. The zero-order chi connectivity index (χ0) is 36.6. The third-order valence-corrected chi connectivity index (χ3v) is 10.1. The minimum atomic E-state index is -0.405. The number of anilines is 2. The zero-order valence-corrected chi connectivity index (χ0v) is 30.6. The van der Waals surface area contributed by atoms with Gasteiger partial charge < -0.3 is 24.9 Å². The molecule has 0 bridgehead atoms. The Morgan fingerprint density at radius 2 is 1.25 bits per heavy atom. The van der Waals surface area contributed by atoms with Crippen molar-refractivity contribution in [3.63, 3.8) is 0 Å². The standard InChI is InChI=1S/C20H20FN5OS2.C17H19FN4O/c1-25-5-2-6-26(8-7-25)18-12-22-11-16(23-18)14-9-13(3-4-15(14)21)10-17-19(27)24-20(28)29-17;1-21-5-2-6-22(8-7-21)17-11-19-10-16(20-17)14-9-13(12-23)3-4-15(14)18/h3-4,9-12H,2,5-8H2,1H3,(H,24,27,28);3-4,9-12H,2,5-8H2,1H3/b17-10-;. The molecule has 0 atom stereocenters. The average molecular weight is 744 g/mol. The second kappa shape index (κ2) is 17.2. The minimum absolute atomic E-state index is 0.237. The molecule has 52 heavy (non-hydrogen) atoms. The van der Waals surface area contributed by atoms with Gasteiger partial charge in [-0.3, -0.25) is 19.6 Å². The second-order valence-electron chi connectivity index (χ2n) is 12.8. The number of carbonyl (C=O) groups excluding carboxylic acids is 2. The zero-order valence-electron chi connectivity index (χ0n) is 29.0. The number of nitrogens with one attached hydrogen (secondary N) is 1. The van der Waals surface area contributed by atoms with Crippen molar-refractivity contribution in [2.24, 2.45) is 0 Å². The molecule has 0 saturated carbocycles. The van der Waals surface area contributed by atoms with Crippen LogP contribution in [0.2, 0.25) is 0 Å². The number of rotatable bonds is 6. The van der Waals surface area contributed by atoms with Gasteiger partial charge in [-0.05, 0) is 82.0 Å². The van der Waals surface area contributed by atoms with Crippen LogP contribution in [0.15, 0.2) is 66.1 Å². The van der Waals surface area contributed by atoms with Crippen LogP contribution in [0, 0.1) is 11.6 Å². The molecule has 2 aromatic carbocycles. The number of hydrogen-bond acceptors (Lipinski definition) is 12. The summed E-state index contributed by atoms with van der Waals surface area (Å²) in [5, 5.41) is 2.58. The summed E-state index contributed by atoms with van der Waals surface area (Å²) in [6.07, 6.45) is 11.0. The molecule has 3 fully saturated rings. The van der Waals surface area contributed by atoms with Crippen molar-refractivity contribution in [2.75, 3.05) is 76.3 Å². The molecule has 11 nitrogen and oxygen atoms in total. The summed E-state index contributed by atoms with van der Waals surface area (Å²) in [5.74, 6) is 0.468. The maximum Gasteiger partial charge on any atom is 0.263 e. The molecule has 5 heterocycles. The van der Waals surface area contributed by atoms with Crippen LogP contribution < -0.4 is 15.1 Å². The number of aldehydes is 1. The molecule has 7 rings (SSSR count). The predicted octanol–water partition coefficient (Wildman–Crippen LogP) is 5.15. The van der Waals surface area contributed by atoms with E-state index in [1.54, 1.807) is 36.8 Å². The minimum Gasteiger partial charge on any atom is -0.354 e. The summed E-state index contributed by atoms with van der Waals surface area (Å²) in [4.78, 5) is 50.0. The molecule has 4 aromatic rings. The first-order chi connectivity index (χ1) is 25.2. The summed E-state index contributed by atoms with van der Waals surface area (Å²) >= 11 is 6.21. The lowest BCUT2D eigenvalue weighted by atomic mass is 10.1. The molecule has 270 valence electrons. The number of amides is 1. The Morgan fingerprint density at radius 1 is 0.731 bits per heavy atom. The number of carbonyl (C=O) groups is 2. The number of likely N-dealkylation sites (N-methyl/N-ethyl adjacent to an activating group) is 2. The van der Waals surface area contributed by atoms with E-state index in [0.29, 0.717) is 49.2 Å². The van der Waals surface area contributed by atoms with Gasteiger partial charge in [-0.2, -0.15) is 0 Å². The van der Waals surface area contributed by atoms with Gasteiger partial charge in [0.15, 0.2) is 0 Å². The molecular weight excluding hydrogens is 705 g/mol. The lowest BCUT2D eigenvalue weighted by Crippen LogP contribution is -2.29. The van der Waals surface area contributed by atoms with Crippen LogP contribution in [0.25, 0.3) is 28.6 Å². The van der Waals surface area contributed by atoms with Crippen LogP contribution >= 0.6 is 24.0 Å². The second-order valence-corrected chi connectivity index (χ2v) is 14.5. The average Bonchev–Trinajstić information content (AvgIpc) is 3.30. The van der Waals surface area contributed by atoms with Crippen LogP contribution in [0.1, 0.15) is 28.8 Å². The fourth-order valence-corrected chi connectivity index (χ4v) is 7.08. The highest BCUT2D eigenvalue weighted by Crippen LogP contribution is 2.29. The van der Waals surface area contributed by atoms with Crippen molar-refractivity contribution >= 4 is 58.2 Å². The van der Waals surface area contributed by atoms with Crippen molar-refractivity contribution in [1.82, 2.24) is 35.1 Å². The van der Waals surface area contributed by atoms with E-state index in [1.807, 2.05) is 0 Å². The summed E-state index contributed by atoms with van der Waals surface area (Å²) in [7, 11) is 4.21. The lowest BCUT2D eigenvalue weighted by molar-refractivity contribution is -0.115. The van der Waals surface area contributed by atoms with E-state index in [9.17, 15) is 18.4 Å². The van der Waals surface area contributed by atoms with E-state index < -0.39 is 5.82 Å². The first-order valence-corrected chi connectivity index (χ1v) is 18.2. The molecular formula is C37H39F2N9O2S2. The monoisotopic (exact) mass is 743 g/mol. The highest BCUT2D eigenvalue weighted by Gasteiger charge is 2.23. The molecule has 3 saturated heterocycles. The summed E-state index contributed by atoms with van der Waals surface area (Å²) in [6, 6.07) is 8.94. The first kappa shape index (κ1) is 37.1. The van der Waals surface area contributed by atoms with E-state index in [1.165, 1.54) is 42.2 Å². The van der Waals surface area contributed by atoms with Gasteiger partial charge in [0.2, 0.25) is 0 Å². The quantitative estimate of drug-likeness (QED) is 0.160. The van der Waals surface area contributed by atoms with Crippen molar-refractivity contribution < 1.29 is 18.4 Å². The Labute approximate surface area is 311 Å². The van der Waals surface area contributed by atoms with Gasteiger partial charge in [-0.15, -0.1) is 0 Å². The molecule has 1 amide bonds. The van der Waals surface area contributed by atoms with E-state index in [2.05, 4.69) is 58.9 Å². The van der Waals surface area contributed by atoms with Gasteiger partial charge in [0.25, 0.3) is 5.91 Å². The Balaban J connectivity index is 0.000000183. The largest absolute Gasteiger partial charge is 0.354 e. The number of benzene rings is 2. The number of thiocarbonyl (C=S) groups is 1. The fourth-order valence-electron chi connectivity index (χ4n) is 6.04. The van der Waals surface area contributed by atoms with Gasteiger partial charge >= 0.3 is 0 Å². The van der Waals surface area contributed by atoms with Crippen molar-refractivity contribution in [3.8, 4) is 22.5 Å².